The number of nitrogens with one attached hydrogen (secondary N) is 3. The van der Waals surface area contributed by atoms with Crippen LogP contribution in [0.1, 0.15) is 58.6 Å². The van der Waals surface area contributed by atoms with E-state index in [2.05, 4.69) is 20.6 Å². The molecule has 1 fully saturated rings. The number of hydrogen-bond donors (Lipinski definition) is 3. The standard InChI is InChI=1S/C20H32N4O5/c1-19(2,3)29-18(27)22-12-20(8-6-5-7-9-20)17(26)24-15(16(25)28-4)10-14-11-21-13-23-14/h11,13,15H,5-10,12H2,1-4H3,(H,21,23)(H,22,27)(H,24,26). The Labute approximate surface area is 171 Å². The maximum atomic E-state index is 13.2. The first-order valence-electron chi connectivity index (χ1n) is 9.98. The van der Waals surface area contributed by atoms with Crippen LogP contribution in [0.2, 0.25) is 0 Å². The van der Waals surface area contributed by atoms with E-state index in [-0.39, 0.29) is 18.9 Å². The molecule has 0 aromatic carbocycles. The van der Waals surface area contributed by atoms with Gasteiger partial charge in [0.15, 0.2) is 0 Å². The quantitative estimate of drug-likeness (QED) is 0.594. The molecule has 0 bridgehead atoms. The number of H-pyrrole nitrogens is 1. The van der Waals surface area contributed by atoms with Crippen molar-refractivity contribution in [1.29, 1.82) is 0 Å². The number of esters is 1. The van der Waals surface area contributed by atoms with Crippen molar-refractivity contribution >= 4 is 18.0 Å². The highest BCUT2D eigenvalue weighted by atomic mass is 16.6. The van der Waals surface area contributed by atoms with E-state index in [1.165, 1.54) is 13.4 Å². The topological polar surface area (TPSA) is 122 Å². The van der Waals surface area contributed by atoms with E-state index in [1.54, 1.807) is 27.0 Å². The van der Waals surface area contributed by atoms with E-state index >= 15 is 0 Å². The molecule has 1 saturated carbocycles. The minimum absolute atomic E-state index is 0.158. The maximum absolute atomic E-state index is 13.2. The first-order valence-corrected chi connectivity index (χ1v) is 9.98. The van der Waals surface area contributed by atoms with Crippen LogP contribution in [0.5, 0.6) is 0 Å². The van der Waals surface area contributed by atoms with Gasteiger partial charge in [-0.15, -0.1) is 0 Å². The van der Waals surface area contributed by atoms with Gasteiger partial charge in [0.2, 0.25) is 5.91 Å². The number of ether oxygens (including phenoxy) is 2. The third-order valence-electron chi connectivity index (χ3n) is 5.03. The highest BCUT2D eigenvalue weighted by Crippen LogP contribution is 2.36. The van der Waals surface area contributed by atoms with E-state index in [0.29, 0.717) is 18.5 Å². The number of aromatic amines is 1. The van der Waals surface area contributed by atoms with Gasteiger partial charge < -0.3 is 25.1 Å². The average Bonchev–Trinajstić information content (AvgIpc) is 3.17. The zero-order chi connectivity index (χ0) is 21.5. The Balaban J connectivity index is 2.09. The van der Waals surface area contributed by atoms with Crippen molar-refractivity contribution < 1.29 is 23.9 Å². The number of hydrogen-bond acceptors (Lipinski definition) is 6. The van der Waals surface area contributed by atoms with Gasteiger partial charge in [-0.1, -0.05) is 19.3 Å². The second-order valence-corrected chi connectivity index (χ2v) is 8.53. The Hall–Kier alpha value is -2.58. The average molecular weight is 408 g/mol. The normalized spacial score (nSPS) is 17.1. The Morgan fingerprint density at radius 3 is 2.48 bits per heavy atom. The Morgan fingerprint density at radius 2 is 1.93 bits per heavy atom. The zero-order valence-electron chi connectivity index (χ0n) is 17.7. The summed E-state index contributed by atoms with van der Waals surface area (Å²) in [5, 5.41) is 5.57. The van der Waals surface area contributed by atoms with E-state index in [4.69, 9.17) is 9.47 Å². The molecular weight excluding hydrogens is 376 g/mol. The molecule has 0 radical (unpaired) electrons. The van der Waals surface area contributed by atoms with Crippen LogP contribution in [0.15, 0.2) is 12.5 Å². The minimum Gasteiger partial charge on any atom is -0.467 e. The lowest BCUT2D eigenvalue weighted by molar-refractivity contribution is -0.147. The van der Waals surface area contributed by atoms with Gasteiger partial charge in [-0.25, -0.2) is 14.6 Å². The molecule has 1 unspecified atom stereocenters. The number of carbonyl (C=O) groups is 3. The van der Waals surface area contributed by atoms with E-state index in [1.807, 2.05) is 0 Å². The monoisotopic (exact) mass is 408 g/mol. The third kappa shape index (κ3) is 6.76. The van der Waals surface area contributed by atoms with Gasteiger partial charge in [0.05, 0.1) is 18.9 Å². The van der Waals surface area contributed by atoms with Gasteiger partial charge in [0, 0.05) is 24.9 Å². The predicted octanol–water partition coefficient (Wildman–Crippen LogP) is 2.09. The SMILES string of the molecule is COC(=O)C(Cc1cnc[nH]1)NC(=O)C1(CNC(=O)OC(C)(C)C)CCCCC1. The first-order chi connectivity index (χ1) is 13.6. The van der Waals surface area contributed by atoms with Crippen molar-refractivity contribution in [2.24, 2.45) is 5.41 Å². The molecule has 9 nitrogen and oxygen atoms in total. The molecule has 3 N–H and O–H groups in total. The summed E-state index contributed by atoms with van der Waals surface area (Å²) in [5.74, 6) is -0.790. The molecule has 0 spiro atoms. The van der Waals surface area contributed by atoms with Gasteiger partial charge in [-0.3, -0.25) is 4.79 Å². The van der Waals surface area contributed by atoms with Crippen LogP contribution in [0.3, 0.4) is 0 Å². The summed E-state index contributed by atoms with van der Waals surface area (Å²) >= 11 is 0. The molecule has 162 valence electrons. The molecule has 1 aromatic heterocycles. The molecule has 9 heteroatoms. The fourth-order valence-corrected chi connectivity index (χ4v) is 3.53. The first kappa shape index (κ1) is 22.7. The number of imidazole rings is 1. The number of aromatic nitrogens is 2. The van der Waals surface area contributed by atoms with Crippen LogP contribution in [-0.4, -0.2) is 53.2 Å². The van der Waals surface area contributed by atoms with Crippen molar-refractivity contribution in [2.45, 2.75) is 70.9 Å². The maximum Gasteiger partial charge on any atom is 0.407 e. The lowest BCUT2D eigenvalue weighted by atomic mass is 9.73. The number of carbonyl (C=O) groups excluding carboxylic acids is 3. The van der Waals surface area contributed by atoms with Crippen LogP contribution in [0.4, 0.5) is 4.79 Å². The minimum atomic E-state index is -0.840. The smallest absolute Gasteiger partial charge is 0.407 e. The van der Waals surface area contributed by atoms with Crippen molar-refractivity contribution in [3.05, 3.63) is 18.2 Å². The van der Waals surface area contributed by atoms with Crippen LogP contribution in [0, 0.1) is 5.41 Å². The second-order valence-electron chi connectivity index (χ2n) is 8.53. The molecule has 2 amide bonds. The highest BCUT2D eigenvalue weighted by molar-refractivity contribution is 5.88. The van der Waals surface area contributed by atoms with Crippen molar-refractivity contribution in [2.75, 3.05) is 13.7 Å². The van der Waals surface area contributed by atoms with Crippen molar-refractivity contribution in [1.82, 2.24) is 20.6 Å². The number of amides is 2. The molecule has 1 aliphatic carbocycles. The van der Waals surface area contributed by atoms with Crippen molar-refractivity contribution in [3.8, 4) is 0 Å². The molecule has 1 atom stereocenters. The van der Waals surface area contributed by atoms with Gasteiger partial charge >= 0.3 is 12.1 Å². The summed E-state index contributed by atoms with van der Waals surface area (Å²) < 4.78 is 10.2. The molecule has 1 aliphatic rings. The fraction of sp³-hybridized carbons (Fsp3) is 0.700. The Bertz CT molecular complexity index is 690. The summed E-state index contributed by atoms with van der Waals surface area (Å²) in [7, 11) is 1.29. The summed E-state index contributed by atoms with van der Waals surface area (Å²) in [4.78, 5) is 44.4. The number of methoxy groups -OCH3 is 1. The highest BCUT2D eigenvalue weighted by Gasteiger charge is 2.41. The summed E-state index contributed by atoms with van der Waals surface area (Å²) in [6.07, 6.45) is 6.86. The molecular formula is C20H32N4O5. The van der Waals surface area contributed by atoms with Crippen LogP contribution >= 0.6 is 0 Å². The lowest BCUT2D eigenvalue weighted by Crippen LogP contribution is -2.54. The Kier molecular flexibility index (Phi) is 7.64. The largest absolute Gasteiger partial charge is 0.467 e. The molecule has 0 aliphatic heterocycles. The van der Waals surface area contributed by atoms with E-state index in [9.17, 15) is 14.4 Å². The Morgan fingerprint density at radius 1 is 1.24 bits per heavy atom. The number of nitrogens with zero attached hydrogens (tertiary/aromatic N) is 1. The molecule has 29 heavy (non-hydrogen) atoms. The third-order valence-corrected chi connectivity index (χ3v) is 5.03. The molecule has 1 aromatic rings. The van der Waals surface area contributed by atoms with Crippen LogP contribution < -0.4 is 10.6 Å². The van der Waals surface area contributed by atoms with Crippen LogP contribution in [0.25, 0.3) is 0 Å². The summed E-state index contributed by atoms with van der Waals surface area (Å²) in [6, 6.07) is -0.840. The fourth-order valence-electron chi connectivity index (χ4n) is 3.53. The van der Waals surface area contributed by atoms with Gasteiger partial charge in [0.1, 0.15) is 11.6 Å². The molecule has 0 saturated heterocycles. The van der Waals surface area contributed by atoms with Gasteiger partial charge in [-0.2, -0.15) is 0 Å². The van der Waals surface area contributed by atoms with Gasteiger partial charge in [-0.05, 0) is 33.6 Å². The lowest BCUT2D eigenvalue weighted by Gasteiger charge is -2.37. The van der Waals surface area contributed by atoms with Crippen LogP contribution in [-0.2, 0) is 25.5 Å². The number of alkyl carbamates (subject to hydrolysis) is 1. The molecule has 1 heterocycles. The predicted molar refractivity (Wildman–Crippen MR) is 106 cm³/mol. The number of rotatable bonds is 7. The molecule has 2 rings (SSSR count). The van der Waals surface area contributed by atoms with Gasteiger partial charge in [0.25, 0.3) is 0 Å². The summed E-state index contributed by atoms with van der Waals surface area (Å²) in [6.45, 7) is 5.51. The zero-order valence-corrected chi connectivity index (χ0v) is 17.7. The summed E-state index contributed by atoms with van der Waals surface area (Å²) in [5.41, 5.74) is -0.688. The van der Waals surface area contributed by atoms with Crippen molar-refractivity contribution in [3.63, 3.8) is 0 Å². The second kappa shape index (κ2) is 9.76. The van der Waals surface area contributed by atoms with E-state index in [0.717, 1.165) is 19.3 Å². The van der Waals surface area contributed by atoms with E-state index < -0.39 is 29.1 Å².